The van der Waals surface area contributed by atoms with Crippen LogP contribution in [0.25, 0.3) is 0 Å². The van der Waals surface area contributed by atoms with E-state index < -0.39 is 15.8 Å². The van der Waals surface area contributed by atoms with Crippen LogP contribution in [0.5, 0.6) is 0 Å². The lowest BCUT2D eigenvalue weighted by Gasteiger charge is -2.36. The minimum atomic E-state index is -3.05. The summed E-state index contributed by atoms with van der Waals surface area (Å²) in [6, 6.07) is 18.7. The van der Waals surface area contributed by atoms with Gasteiger partial charge in [0, 0.05) is 45.0 Å². The van der Waals surface area contributed by atoms with E-state index in [1.165, 1.54) is 11.3 Å². The average Bonchev–Trinajstić information content (AvgIpc) is 3.14. The molecule has 0 aromatic heterocycles. The van der Waals surface area contributed by atoms with Gasteiger partial charge in [-0.15, -0.1) is 0 Å². The van der Waals surface area contributed by atoms with E-state index >= 15 is 0 Å². The fraction of sp³-hybridized carbons (Fsp3) is 0.435. The highest BCUT2D eigenvalue weighted by molar-refractivity contribution is 7.91. The monoisotopic (exact) mass is 427 g/mol. The number of carbonyl (C=O) groups is 1. The van der Waals surface area contributed by atoms with Gasteiger partial charge in [0.15, 0.2) is 9.84 Å². The van der Waals surface area contributed by atoms with Gasteiger partial charge in [0.05, 0.1) is 17.4 Å². The SMILES string of the molecule is O=C(NCc1ccccc1CN1CCN(c2ccccc2)CC1)C1CCS(=O)(=O)C1. The van der Waals surface area contributed by atoms with Crippen LogP contribution in [0, 0.1) is 5.92 Å². The second kappa shape index (κ2) is 9.18. The number of nitrogens with one attached hydrogen (secondary N) is 1. The smallest absolute Gasteiger partial charge is 0.224 e. The van der Waals surface area contributed by atoms with Gasteiger partial charge in [0.1, 0.15) is 0 Å². The Kier molecular flexibility index (Phi) is 6.39. The third-order valence-corrected chi connectivity index (χ3v) is 7.83. The Bertz CT molecular complexity index is 970. The van der Waals surface area contributed by atoms with Gasteiger partial charge in [-0.1, -0.05) is 42.5 Å². The zero-order chi connectivity index (χ0) is 21.0. The summed E-state index contributed by atoms with van der Waals surface area (Å²) >= 11 is 0. The van der Waals surface area contributed by atoms with E-state index in [-0.39, 0.29) is 17.4 Å². The number of benzene rings is 2. The van der Waals surface area contributed by atoms with Crippen LogP contribution in [0.1, 0.15) is 17.5 Å². The second-order valence-electron chi connectivity index (χ2n) is 8.19. The number of rotatable bonds is 6. The van der Waals surface area contributed by atoms with Crippen LogP contribution in [0.3, 0.4) is 0 Å². The fourth-order valence-corrected chi connectivity index (χ4v) is 6.00. The van der Waals surface area contributed by atoms with Gasteiger partial charge in [-0.3, -0.25) is 9.69 Å². The molecule has 1 N–H and O–H groups in total. The zero-order valence-electron chi connectivity index (χ0n) is 17.2. The molecule has 30 heavy (non-hydrogen) atoms. The molecule has 6 nitrogen and oxygen atoms in total. The molecule has 2 aromatic carbocycles. The number of anilines is 1. The molecule has 4 rings (SSSR count). The third-order valence-electron chi connectivity index (χ3n) is 6.06. The summed E-state index contributed by atoms with van der Waals surface area (Å²) in [5.41, 5.74) is 3.58. The Morgan fingerprint density at radius 1 is 0.933 bits per heavy atom. The van der Waals surface area contributed by atoms with Crippen LogP contribution in [-0.4, -0.2) is 56.9 Å². The summed E-state index contributed by atoms with van der Waals surface area (Å²) < 4.78 is 23.2. The molecule has 2 saturated heterocycles. The Hall–Kier alpha value is -2.38. The van der Waals surface area contributed by atoms with E-state index in [4.69, 9.17) is 0 Å². The van der Waals surface area contributed by atoms with Crippen molar-refractivity contribution in [1.29, 1.82) is 0 Å². The standard InChI is InChI=1S/C23H29N3O3S/c27-23(21-10-15-30(28,29)18-21)24-16-19-6-4-5-7-20(19)17-25-11-13-26(14-12-25)22-8-2-1-3-9-22/h1-9,21H,10-18H2,(H,24,27). The molecule has 2 aliphatic rings. The van der Waals surface area contributed by atoms with Crippen LogP contribution in [0.2, 0.25) is 0 Å². The van der Waals surface area contributed by atoms with Crippen molar-refractivity contribution in [3.63, 3.8) is 0 Å². The predicted octanol–water partition coefficient (Wildman–Crippen LogP) is 2.06. The largest absolute Gasteiger partial charge is 0.369 e. The van der Waals surface area contributed by atoms with Crippen molar-refractivity contribution in [2.75, 3.05) is 42.6 Å². The lowest BCUT2D eigenvalue weighted by molar-refractivity contribution is -0.124. The van der Waals surface area contributed by atoms with E-state index in [2.05, 4.69) is 45.4 Å². The van der Waals surface area contributed by atoms with Crippen LogP contribution in [0.4, 0.5) is 5.69 Å². The molecule has 160 valence electrons. The van der Waals surface area contributed by atoms with Crippen LogP contribution in [-0.2, 0) is 27.7 Å². The number of sulfone groups is 1. The minimum absolute atomic E-state index is 0.0217. The molecule has 2 aromatic rings. The molecular formula is C23H29N3O3S. The summed E-state index contributed by atoms with van der Waals surface area (Å²) in [6.07, 6.45) is 0.432. The molecule has 2 fully saturated rings. The Labute approximate surface area is 178 Å². The number of carbonyl (C=O) groups excluding carboxylic acids is 1. The Balaban J connectivity index is 1.31. The molecule has 1 unspecified atom stereocenters. The molecule has 0 spiro atoms. The van der Waals surface area contributed by atoms with Crippen LogP contribution < -0.4 is 10.2 Å². The molecule has 1 amide bonds. The van der Waals surface area contributed by atoms with E-state index in [1.54, 1.807) is 0 Å². The first-order chi connectivity index (χ1) is 14.5. The van der Waals surface area contributed by atoms with Crippen molar-refractivity contribution in [2.24, 2.45) is 5.92 Å². The highest BCUT2D eigenvalue weighted by atomic mass is 32.2. The van der Waals surface area contributed by atoms with E-state index in [9.17, 15) is 13.2 Å². The molecule has 0 bridgehead atoms. The molecule has 0 saturated carbocycles. The van der Waals surface area contributed by atoms with E-state index in [0.717, 1.165) is 38.3 Å². The second-order valence-corrected chi connectivity index (χ2v) is 10.4. The minimum Gasteiger partial charge on any atom is -0.369 e. The first-order valence-corrected chi connectivity index (χ1v) is 12.4. The van der Waals surface area contributed by atoms with Crippen molar-refractivity contribution < 1.29 is 13.2 Å². The highest BCUT2D eigenvalue weighted by Gasteiger charge is 2.32. The van der Waals surface area contributed by atoms with Crippen molar-refractivity contribution in [3.8, 4) is 0 Å². The van der Waals surface area contributed by atoms with Gasteiger partial charge < -0.3 is 10.2 Å². The van der Waals surface area contributed by atoms with Crippen molar-refractivity contribution >= 4 is 21.4 Å². The number of piperazine rings is 1. The highest BCUT2D eigenvalue weighted by Crippen LogP contribution is 2.20. The first-order valence-electron chi connectivity index (χ1n) is 10.6. The predicted molar refractivity (Wildman–Crippen MR) is 119 cm³/mol. The number of amides is 1. The summed E-state index contributed by atoms with van der Waals surface area (Å²) in [5, 5.41) is 2.95. The Morgan fingerprint density at radius 3 is 2.27 bits per heavy atom. The van der Waals surface area contributed by atoms with Gasteiger partial charge in [0.25, 0.3) is 0 Å². The molecule has 7 heteroatoms. The molecule has 0 radical (unpaired) electrons. The molecule has 2 heterocycles. The average molecular weight is 428 g/mol. The van der Waals surface area contributed by atoms with Gasteiger partial charge in [-0.2, -0.15) is 0 Å². The topological polar surface area (TPSA) is 69.7 Å². The lowest BCUT2D eigenvalue weighted by atomic mass is 10.1. The third kappa shape index (κ3) is 5.21. The molecule has 0 aliphatic carbocycles. The molecule has 1 atom stereocenters. The normalized spacial score (nSPS) is 21.5. The van der Waals surface area contributed by atoms with E-state index in [1.807, 2.05) is 24.3 Å². The maximum atomic E-state index is 12.4. The Morgan fingerprint density at radius 2 is 1.60 bits per heavy atom. The van der Waals surface area contributed by atoms with Gasteiger partial charge in [-0.25, -0.2) is 8.42 Å². The van der Waals surface area contributed by atoms with Crippen LogP contribution in [0.15, 0.2) is 54.6 Å². The van der Waals surface area contributed by atoms with Crippen molar-refractivity contribution in [3.05, 3.63) is 65.7 Å². The van der Waals surface area contributed by atoms with Crippen LogP contribution >= 0.6 is 0 Å². The lowest BCUT2D eigenvalue weighted by Crippen LogP contribution is -2.46. The fourth-order valence-electron chi connectivity index (χ4n) is 4.26. The maximum absolute atomic E-state index is 12.4. The molecule has 2 aliphatic heterocycles. The van der Waals surface area contributed by atoms with Gasteiger partial charge in [-0.05, 0) is 29.7 Å². The molecular weight excluding hydrogens is 398 g/mol. The van der Waals surface area contributed by atoms with Gasteiger partial charge in [0.2, 0.25) is 5.91 Å². The first kappa shape index (κ1) is 20.9. The quantitative estimate of drug-likeness (QED) is 0.764. The maximum Gasteiger partial charge on any atom is 0.224 e. The number of nitrogens with zero attached hydrogens (tertiary/aromatic N) is 2. The summed E-state index contributed by atoms with van der Waals surface area (Å²) in [4.78, 5) is 17.3. The zero-order valence-corrected chi connectivity index (χ0v) is 18.0. The number of hydrogen-bond donors (Lipinski definition) is 1. The van der Waals surface area contributed by atoms with Crippen molar-refractivity contribution in [2.45, 2.75) is 19.5 Å². The summed E-state index contributed by atoms with van der Waals surface area (Å²) in [6.45, 7) is 5.28. The summed E-state index contributed by atoms with van der Waals surface area (Å²) in [5.74, 6) is -0.460. The number of hydrogen-bond acceptors (Lipinski definition) is 5. The number of para-hydroxylation sites is 1. The van der Waals surface area contributed by atoms with E-state index in [0.29, 0.717) is 13.0 Å². The van der Waals surface area contributed by atoms with Gasteiger partial charge >= 0.3 is 0 Å². The summed E-state index contributed by atoms with van der Waals surface area (Å²) in [7, 11) is -3.05. The van der Waals surface area contributed by atoms with Crippen molar-refractivity contribution in [1.82, 2.24) is 10.2 Å².